The lowest BCUT2D eigenvalue weighted by Crippen LogP contribution is -1.97. The molecule has 0 atom stereocenters. The summed E-state index contributed by atoms with van der Waals surface area (Å²) in [5.41, 5.74) is 1.67. The van der Waals surface area contributed by atoms with Crippen LogP contribution in [0.15, 0.2) is 0 Å². The Kier molecular flexibility index (Phi) is 2.66. The predicted octanol–water partition coefficient (Wildman–Crippen LogP) is 0.0454. The SMILES string of the molecule is Cc1nnnnc1C.N. The van der Waals surface area contributed by atoms with E-state index in [9.17, 15) is 0 Å². The van der Waals surface area contributed by atoms with Crippen molar-refractivity contribution in [1.82, 2.24) is 26.8 Å². The molecule has 0 radical (unpaired) electrons. The highest BCUT2D eigenvalue weighted by Crippen LogP contribution is 1.89. The molecule has 0 aliphatic carbocycles. The number of aryl methyl sites for hydroxylation is 2. The van der Waals surface area contributed by atoms with Gasteiger partial charge >= 0.3 is 0 Å². The van der Waals surface area contributed by atoms with Crippen LogP contribution in [0.5, 0.6) is 0 Å². The Bertz CT molecular complexity index is 165. The summed E-state index contributed by atoms with van der Waals surface area (Å²) in [6.07, 6.45) is 0. The molecule has 0 unspecified atom stereocenters. The summed E-state index contributed by atoms with van der Waals surface area (Å²) < 4.78 is 0. The summed E-state index contributed by atoms with van der Waals surface area (Å²) in [7, 11) is 0. The molecule has 1 aromatic rings. The van der Waals surface area contributed by atoms with E-state index in [1.165, 1.54) is 0 Å². The number of nitrogens with zero attached hydrogens (tertiary/aromatic N) is 4. The zero-order valence-electron chi connectivity index (χ0n) is 5.50. The van der Waals surface area contributed by atoms with E-state index in [2.05, 4.69) is 20.6 Å². The topological polar surface area (TPSA) is 86.6 Å². The third-order valence-electron chi connectivity index (χ3n) is 0.953. The van der Waals surface area contributed by atoms with E-state index in [1.54, 1.807) is 0 Å². The van der Waals surface area contributed by atoms with Crippen LogP contribution in [-0.4, -0.2) is 20.6 Å². The predicted molar refractivity (Wildman–Crippen MR) is 32.1 cm³/mol. The van der Waals surface area contributed by atoms with Crippen molar-refractivity contribution < 1.29 is 0 Å². The normalized spacial score (nSPS) is 8.22. The maximum atomic E-state index is 3.66. The molecule has 1 heterocycles. The van der Waals surface area contributed by atoms with E-state index in [0.29, 0.717) is 0 Å². The molecule has 0 aliphatic heterocycles. The molecule has 0 fully saturated rings. The molecule has 0 aliphatic rings. The number of rotatable bonds is 0. The van der Waals surface area contributed by atoms with Gasteiger partial charge in [-0.2, -0.15) is 0 Å². The number of aromatic nitrogens is 4. The molecule has 1 aromatic heterocycles. The van der Waals surface area contributed by atoms with E-state index < -0.39 is 0 Å². The number of hydrogen-bond donors (Lipinski definition) is 1. The van der Waals surface area contributed by atoms with Crippen molar-refractivity contribution in [2.75, 3.05) is 0 Å². The van der Waals surface area contributed by atoms with Gasteiger partial charge in [-0.1, -0.05) is 0 Å². The Labute approximate surface area is 53.1 Å². The first-order valence-corrected chi connectivity index (χ1v) is 2.30. The summed E-state index contributed by atoms with van der Waals surface area (Å²) in [4.78, 5) is 0. The molecule has 0 bridgehead atoms. The van der Waals surface area contributed by atoms with Gasteiger partial charge in [-0.3, -0.25) is 0 Å². The van der Waals surface area contributed by atoms with Crippen LogP contribution >= 0.6 is 0 Å². The second kappa shape index (κ2) is 3.03. The molecule has 5 nitrogen and oxygen atoms in total. The average Bonchev–Trinajstić information content (AvgIpc) is 1.77. The summed E-state index contributed by atoms with van der Waals surface area (Å²) in [5.74, 6) is 0. The summed E-state index contributed by atoms with van der Waals surface area (Å²) >= 11 is 0. The molecule has 1 rings (SSSR count). The molecule has 9 heavy (non-hydrogen) atoms. The van der Waals surface area contributed by atoms with Gasteiger partial charge in [0.1, 0.15) is 0 Å². The Balaban J connectivity index is 0.000000640. The highest BCUT2D eigenvalue weighted by molar-refractivity contribution is 5.00. The quantitative estimate of drug-likeness (QED) is 0.532. The lowest BCUT2D eigenvalue weighted by atomic mass is 10.4. The number of hydrogen-bond acceptors (Lipinski definition) is 5. The maximum absolute atomic E-state index is 3.66. The minimum absolute atomic E-state index is 0. The Morgan fingerprint density at radius 1 is 0.889 bits per heavy atom. The zero-order valence-corrected chi connectivity index (χ0v) is 5.50. The molecule has 0 spiro atoms. The summed E-state index contributed by atoms with van der Waals surface area (Å²) in [6, 6.07) is 0. The first-order valence-electron chi connectivity index (χ1n) is 2.30. The fourth-order valence-corrected chi connectivity index (χ4v) is 0.319. The van der Waals surface area contributed by atoms with E-state index in [4.69, 9.17) is 0 Å². The van der Waals surface area contributed by atoms with Gasteiger partial charge in [0.2, 0.25) is 0 Å². The van der Waals surface area contributed by atoms with Crippen molar-refractivity contribution in [3.05, 3.63) is 11.4 Å². The van der Waals surface area contributed by atoms with Crippen LogP contribution in [0, 0.1) is 13.8 Å². The molecular formula is C4H9N5. The Morgan fingerprint density at radius 3 is 1.44 bits per heavy atom. The standard InChI is InChI=1S/C4H6N4.H3N/c1-3-4(2)6-8-7-5-3;/h1-2H3;1H3. The van der Waals surface area contributed by atoms with Crippen LogP contribution in [0.4, 0.5) is 0 Å². The van der Waals surface area contributed by atoms with Crippen LogP contribution in [0.3, 0.4) is 0 Å². The van der Waals surface area contributed by atoms with Gasteiger partial charge in [0, 0.05) is 0 Å². The first kappa shape index (κ1) is 7.90. The van der Waals surface area contributed by atoms with Crippen LogP contribution in [0.2, 0.25) is 0 Å². The first-order chi connectivity index (χ1) is 3.80. The summed E-state index contributed by atoms with van der Waals surface area (Å²) in [5, 5.41) is 14.0. The van der Waals surface area contributed by atoms with Crippen LogP contribution in [0.1, 0.15) is 11.4 Å². The van der Waals surface area contributed by atoms with Gasteiger partial charge in [-0.25, -0.2) is 0 Å². The molecule has 50 valence electrons. The van der Waals surface area contributed by atoms with Crippen molar-refractivity contribution >= 4 is 0 Å². The van der Waals surface area contributed by atoms with Gasteiger partial charge in [0.05, 0.1) is 11.4 Å². The van der Waals surface area contributed by atoms with E-state index in [1.807, 2.05) is 13.8 Å². The molecule has 0 aromatic carbocycles. The van der Waals surface area contributed by atoms with Crippen molar-refractivity contribution in [2.45, 2.75) is 13.8 Å². The third-order valence-corrected chi connectivity index (χ3v) is 0.953. The smallest absolute Gasteiger partial charge is 0.0849 e. The fourth-order valence-electron chi connectivity index (χ4n) is 0.319. The Hall–Kier alpha value is -1.10. The second-order valence-corrected chi connectivity index (χ2v) is 1.55. The van der Waals surface area contributed by atoms with Crippen molar-refractivity contribution in [1.29, 1.82) is 0 Å². The minimum atomic E-state index is 0. The second-order valence-electron chi connectivity index (χ2n) is 1.55. The van der Waals surface area contributed by atoms with E-state index >= 15 is 0 Å². The largest absolute Gasteiger partial charge is 0.344 e. The molecule has 0 saturated carbocycles. The highest BCUT2D eigenvalue weighted by Gasteiger charge is 1.90. The molecule has 0 amide bonds. The maximum Gasteiger partial charge on any atom is 0.0849 e. The lowest BCUT2D eigenvalue weighted by molar-refractivity contribution is 0.722. The van der Waals surface area contributed by atoms with Crippen molar-refractivity contribution in [2.24, 2.45) is 0 Å². The molecule has 3 N–H and O–H groups in total. The lowest BCUT2D eigenvalue weighted by Gasteiger charge is -1.87. The third kappa shape index (κ3) is 1.69. The molecular weight excluding hydrogens is 118 g/mol. The van der Waals surface area contributed by atoms with Gasteiger partial charge in [0.15, 0.2) is 0 Å². The van der Waals surface area contributed by atoms with E-state index in [0.717, 1.165) is 11.4 Å². The van der Waals surface area contributed by atoms with Gasteiger partial charge in [-0.15, -0.1) is 10.2 Å². The summed E-state index contributed by atoms with van der Waals surface area (Å²) in [6.45, 7) is 3.69. The van der Waals surface area contributed by atoms with Gasteiger partial charge < -0.3 is 6.15 Å². The van der Waals surface area contributed by atoms with Gasteiger partial charge in [0.25, 0.3) is 0 Å². The minimum Gasteiger partial charge on any atom is -0.344 e. The van der Waals surface area contributed by atoms with Gasteiger partial charge in [-0.05, 0) is 24.3 Å². The average molecular weight is 127 g/mol. The van der Waals surface area contributed by atoms with E-state index in [-0.39, 0.29) is 6.15 Å². The van der Waals surface area contributed by atoms with Crippen LogP contribution in [-0.2, 0) is 0 Å². The van der Waals surface area contributed by atoms with Crippen LogP contribution < -0.4 is 6.15 Å². The van der Waals surface area contributed by atoms with Crippen molar-refractivity contribution in [3.8, 4) is 0 Å². The molecule has 0 saturated heterocycles. The Morgan fingerprint density at radius 2 is 1.22 bits per heavy atom. The van der Waals surface area contributed by atoms with Crippen molar-refractivity contribution in [3.63, 3.8) is 0 Å². The van der Waals surface area contributed by atoms with Crippen LogP contribution in [0.25, 0.3) is 0 Å². The monoisotopic (exact) mass is 127 g/mol. The molecule has 5 heteroatoms. The fraction of sp³-hybridized carbons (Fsp3) is 0.500. The zero-order chi connectivity index (χ0) is 5.98. The highest BCUT2D eigenvalue weighted by atomic mass is 15.4.